The van der Waals surface area contributed by atoms with Gasteiger partial charge >= 0.3 is 0 Å². The minimum absolute atomic E-state index is 0.0210. The summed E-state index contributed by atoms with van der Waals surface area (Å²) in [6.45, 7) is 8.70. The van der Waals surface area contributed by atoms with Gasteiger partial charge in [-0.3, -0.25) is 4.79 Å². The maximum Gasteiger partial charge on any atom is 0.257 e. The van der Waals surface area contributed by atoms with Crippen LogP contribution in [0.25, 0.3) is 0 Å². The Bertz CT molecular complexity index is 428. The van der Waals surface area contributed by atoms with E-state index >= 15 is 0 Å². The van der Waals surface area contributed by atoms with Gasteiger partial charge in [-0.25, -0.2) is 0 Å². The molecular weight excluding hydrogens is 240 g/mol. The van der Waals surface area contributed by atoms with E-state index in [9.17, 15) is 4.79 Å². The first-order valence-electron chi connectivity index (χ1n) is 6.65. The minimum atomic E-state index is -0.150. The van der Waals surface area contributed by atoms with Gasteiger partial charge in [0.1, 0.15) is 5.75 Å². The Morgan fingerprint density at radius 3 is 2.58 bits per heavy atom. The predicted octanol–water partition coefficient (Wildman–Crippen LogP) is 1.96. The molecule has 0 saturated carbocycles. The van der Waals surface area contributed by atoms with E-state index in [1.807, 2.05) is 19.1 Å². The summed E-state index contributed by atoms with van der Waals surface area (Å²) in [6.07, 6.45) is 0. The van der Waals surface area contributed by atoms with Crippen LogP contribution in [0.4, 0.5) is 0 Å². The molecule has 106 valence electrons. The van der Waals surface area contributed by atoms with Crippen molar-refractivity contribution in [2.45, 2.75) is 39.7 Å². The van der Waals surface area contributed by atoms with E-state index in [-0.39, 0.29) is 18.6 Å². The van der Waals surface area contributed by atoms with Crippen molar-refractivity contribution in [1.82, 2.24) is 5.32 Å². The number of ether oxygens (including phenoxy) is 1. The van der Waals surface area contributed by atoms with Crippen LogP contribution in [0.5, 0.6) is 5.75 Å². The molecule has 1 rings (SSSR count). The second-order valence-electron chi connectivity index (χ2n) is 5.24. The summed E-state index contributed by atoms with van der Waals surface area (Å²) in [5.74, 6) is 1.06. The van der Waals surface area contributed by atoms with Crippen LogP contribution in [-0.2, 0) is 4.79 Å². The highest BCUT2D eigenvalue weighted by atomic mass is 16.5. The topological polar surface area (TPSA) is 64.3 Å². The molecule has 0 aromatic heterocycles. The first kappa shape index (κ1) is 15.5. The van der Waals surface area contributed by atoms with Crippen molar-refractivity contribution in [3.05, 3.63) is 29.3 Å². The van der Waals surface area contributed by atoms with Gasteiger partial charge in [-0.2, -0.15) is 0 Å². The summed E-state index contributed by atoms with van der Waals surface area (Å²) in [5.41, 5.74) is 8.04. The molecule has 0 radical (unpaired) electrons. The van der Waals surface area contributed by atoms with E-state index in [0.717, 1.165) is 5.75 Å². The molecule has 0 fully saturated rings. The van der Waals surface area contributed by atoms with Crippen LogP contribution in [0.3, 0.4) is 0 Å². The Morgan fingerprint density at radius 2 is 2.05 bits per heavy atom. The highest BCUT2D eigenvalue weighted by Gasteiger charge is 2.07. The zero-order valence-corrected chi connectivity index (χ0v) is 12.2. The summed E-state index contributed by atoms with van der Waals surface area (Å²) >= 11 is 0. The minimum Gasteiger partial charge on any atom is -0.484 e. The fourth-order valence-electron chi connectivity index (χ4n) is 1.86. The molecule has 0 aliphatic heterocycles. The molecule has 3 N–H and O–H groups in total. The molecule has 1 aromatic carbocycles. The van der Waals surface area contributed by atoms with Crippen LogP contribution in [0.2, 0.25) is 0 Å². The maximum atomic E-state index is 11.5. The molecule has 1 atom stereocenters. The second kappa shape index (κ2) is 7.14. The molecule has 0 aliphatic carbocycles. The fourth-order valence-corrected chi connectivity index (χ4v) is 1.86. The van der Waals surface area contributed by atoms with E-state index in [1.165, 1.54) is 11.1 Å². The molecule has 1 amide bonds. The third kappa shape index (κ3) is 5.30. The van der Waals surface area contributed by atoms with Gasteiger partial charge in [0.25, 0.3) is 5.91 Å². The molecule has 0 spiro atoms. The average molecular weight is 264 g/mol. The molecule has 0 aliphatic rings. The van der Waals surface area contributed by atoms with Crippen LogP contribution in [-0.4, -0.2) is 25.1 Å². The van der Waals surface area contributed by atoms with Crippen molar-refractivity contribution >= 4 is 5.91 Å². The Kier molecular flexibility index (Phi) is 5.83. The van der Waals surface area contributed by atoms with Gasteiger partial charge in [-0.05, 0) is 43.0 Å². The first-order valence-corrected chi connectivity index (χ1v) is 6.65. The third-order valence-corrected chi connectivity index (χ3v) is 2.85. The van der Waals surface area contributed by atoms with E-state index in [4.69, 9.17) is 10.5 Å². The number of nitrogens with one attached hydrogen (secondary N) is 1. The van der Waals surface area contributed by atoms with Gasteiger partial charge in [0, 0.05) is 12.6 Å². The second-order valence-corrected chi connectivity index (χ2v) is 5.24. The van der Waals surface area contributed by atoms with Crippen molar-refractivity contribution in [2.75, 3.05) is 13.2 Å². The highest BCUT2D eigenvalue weighted by molar-refractivity contribution is 5.77. The SMILES string of the molecule is Cc1cc(OCC(=O)NCC(C)N)ccc1C(C)C. The van der Waals surface area contributed by atoms with Gasteiger partial charge in [0.05, 0.1) is 0 Å². The van der Waals surface area contributed by atoms with Crippen molar-refractivity contribution in [2.24, 2.45) is 5.73 Å². The van der Waals surface area contributed by atoms with Gasteiger partial charge in [-0.15, -0.1) is 0 Å². The zero-order chi connectivity index (χ0) is 14.4. The van der Waals surface area contributed by atoms with E-state index in [2.05, 4.69) is 32.2 Å². The quantitative estimate of drug-likeness (QED) is 0.825. The molecule has 4 nitrogen and oxygen atoms in total. The summed E-state index contributed by atoms with van der Waals surface area (Å²) in [5, 5.41) is 2.71. The number of amides is 1. The van der Waals surface area contributed by atoms with E-state index in [0.29, 0.717) is 12.5 Å². The zero-order valence-electron chi connectivity index (χ0n) is 12.2. The summed E-state index contributed by atoms with van der Waals surface area (Å²) < 4.78 is 5.46. The molecular formula is C15H24N2O2. The lowest BCUT2D eigenvalue weighted by Gasteiger charge is -2.13. The molecule has 0 saturated heterocycles. The number of hydrogen-bond acceptors (Lipinski definition) is 3. The van der Waals surface area contributed by atoms with Crippen LogP contribution < -0.4 is 15.8 Å². The Balaban J connectivity index is 2.50. The molecule has 4 heteroatoms. The number of carbonyl (C=O) groups is 1. The standard InChI is InChI=1S/C15H24N2O2/c1-10(2)14-6-5-13(7-11(14)3)19-9-15(18)17-8-12(4)16/h5-7,10,12H,8-9,16H2,1-4H3,(H,17,18). The molecule has 0 heterocycles. The Labute approximate surface area is 115 Å². The number of hydrogen-bond donors (Lipinski definition) is 2. The predicted molar refractivity (Wildman–Crippen MR) is 77.4 cm³/mol. The van der Waals surface area contributed by atoms with Crippen LogP contribution in [0.15, 0.2) is 18.2 Å². The summed E-state index contributed by atoms with van der Waals surface area (Å²) in [7, 11) is 0. The molecule has 0 bridgehead atoms. The molecule has 19 heavy (non-hydrogen) atoms. The normalized spacial score (nSPS) is 12.3. The maximum absolute atomic E-state index is 11.5. The van der Waals surface area contributed by atoms with Crippen LogP contribution in [0.1, 0.15) is 37.8 Å². The van der Waals surface area contributed by atoms with Gasteiger partial charge in [0.15, 0.2) is 6.61 Å². The first-order chi connectivity index (χ1) is 8.90. The number of rotatable bonds is 6. The lowest BCUT2D eigenvalue weighted by atomic mass is 9.98. The Morgan fingerprint density at radius 1 is 1.37 bits per heavy atom. The summed E-state index contributed by atoms with van der Waals surface area (Å²) in [4.78, 5) is 11.5. The molecule has 1 aromatic rings. The number of nitrogens with two attached hydrogens (primary N) is 1. The van der Waals surface area contributed by atoms with Crippen molar-refractivity contribution in [1.29, 1.82) is 0 Å². The monoisotopic (exact) mass is 264 g/mol. The largest absolute Gasteiger partial charge is 0.484 e. The Hall–Kier alpha value is -1.55. The van der Waals surface area contributed by atoms with Crippen LogP contribution in [0, 0.1) is 6.92 Å². The lowest BCUT2D eigenvalue weighted by molar-refractivity contribution is -0.123. The fraction of sp³-hybridized carbons (Fsp3) is 0.533. The smallest absolute Gasteiger partial charge is 0.257 e. The third-order valence-electron chi connectivity index (χ3n) is 2.85. The van der Waals surface area contributed by atoms with E-state index < -0.39 is 0 Å². The highest BCUT2D eigenvalue weighted by Crippen LogP contribution is 2.23. The lowest BCUT2D eigenvalue weighted by Crippen LogP contribution is -2.37. The van der Waals surface area contributed by atoms with E-state index in [1.54, 1.807) is 0 Å². The number of benzene rings is 1. The molecule has 1 unspecified atom stereocenters. The number of carbonyl (C=O) groups excluding carboxylic acids is 1. The van der Waals surface area contributed by atoms with Gasteiger partial charge < -0.3 is 15.8 Å². The van der Waals surface area contributed by atoms with Crippen LogP contribution >= 0.6 is 0 Å². The van der Waals surface area contributed by atoms with Gasteiger partial charge in [0.2, 0.25) is 0 Å². The average Bonchev–Trinajstić information content (AvgIpc) is 2.33. The summed E-state index contributed by atoms with van der Waals surface area (Å²) in [6, 6.07) is 5.88. The number of aryl methyl sites for hydroxylation is 1. The van der Waals surface area contributed by atoms with Crippen molar-refractivity contribution in [3.63, 3.8) is 0 Å². The van der Waals surface area contributed by atoms with Crippen molar-refractivity contribution < 1.29 is 9.53 Å². The van der Waals surface area contributed by atoms with Gasteiger partial charge in [-0.1, -0.05) is 19.9 Å². The van der Waals surface area contributed by atoms with Crippen molar-refractivity contribution in [3.8, 4) is 5.75 Å².